The van der Waals surface area contributed by atoms with E-state index in [2.05, 4.69) is 6.08 Å². The fraction of sp³-hybridized carbons (Fsp3) is 0.500. The van der Waals surface area contributed by atoms with Crippen molar-refractivity contribution in [1.29, 1.82) is 5.26 Å². The lowest BCUT2D eigenvalue weighted by molar-refractivity contribution is -0.138. The maximum atomic E-state index is 11.5. The van der Waals surface area contributed by atoms with E-state index in [1.165, 1.54) is 5.57 Å². The minimum absolute atomic E-state index is 0.198. The number of nitrogens with zero attached hydrogens (tertiary/aromatic N) is 1. The molecule has 0 unspecified atom stereocenters. The molecule has 0 saturated carbocycles. The number of carbonyl (C=O) groups excluding carboxylic acids is 1. The summed E-state index contributed by atoms with van der Waals surface area (Å²) in [5.74, 6) is -0.482. The van der Waals surface area contributed by atoms with Crippen LogP contribution in [0.2, 0.25) is 0 Å². The number of ether oxygens (including phenoxy) is 1. The highest BCUT2D eigenvalue weighted by Crippen LogP contribution is 2.26. The summed E-state index contributed by atoms with van der Waals surface area (Å²) in [5, 5.41) is 8.93. The Morgan fingerprint density at radius 2 is 2.40 bits per heavy atom. The molecule has 80 valence electrons. The van der Waals surface area contributed by atoms with Gasteiger partial charge in [0, 0.05) is 0 Å². The molecule has 0 radical (unpaired) electrons. The Labute approximate surface area is 90.0 Å². The van der Waals surface area contributed by atoms with Crippen LogP contribution in [0.15, 0.2) is 22.8 Å². The fourth-order valence-corrected chi connectivity index (χ4v) is 1.68. The van der Waals surface area contributed by atoms with Crippen LogP contribution in [0.3, 0.4) is 0 Å². The third-order valence-corrected chi connectivity index (χ3v) is 2.38. The number of rotatable bonds is 2. The van der Waals surface area contributed by atoms with Gasteiger partial charge in [-0.05, 0) is 38.7 Å². The van der Waals surface area contributed by atoms with Crippen LogP contribution < -0.4 is 0 Å². The molecule has 0 atom stereocenters. The number of allylic oxidation sites excluding steroid dienone is 3. The van der Waals surface area contributed by atoms with Gasteiger partial charge < -0.3 is 4.74 Å². The Morgan fingerprint density at radius 1 is 1.67 bits per heavy atom. The van der Waals surface area contributed by atoms with Crippen molar-refractivity contribution in [2.24, 2.45) is 0 Å². The highest BCUT2D eigenvalue weighted by Gasteiger charge is 2.18. The number of carbonyl (C=O) groups is 1. The summed E-state index contributed by atoms with van der Waals surface area (Å²) in [6.45, 7) is 4.06. The zero-order valence-electron chi connectivity index (χ0n) is 9.17. The standard InChI is InChI=1S/C12H15NO2/c1-3-15-12(14)11(8-13)10-6-4-5-9(2)7-10/h5H,3-4,6-7H2,1-2H3/b11-10+. The molecule has 1 aliphatic rings. The average Bonchev–Trinajstić information content (AvgIpc) is 2.19. The van der Waals surface area contributed by atoms with Gasteiger partial charge in [-0.2, -0.15) is 5.26 Å². The van der Waals surface area contributed by atoms with Crippen molar-refractivity contribution in [3.05, 3.63) is 22.8 Å². The molecular formula is C12H15NO2. The maximum Gasteiger partial charge on any atom is 0.348 e. The molecule has 0 fully saturated rings. The first kappa shape index (κ1) is 11.5. The molecule has 0 aromatic carbocycles. The smallest absolute Gasteiger partial charge is 0.348 e. The summed E-state index contributed by atoms with van der Waals surface area (Å²) in [5.41, 5.74) is 2.33. The summed E-state index contributed by atoms with van der Waals surface area (Å²) in [6.07, 6.45) is 4.57. The van der Waals surface area contributed by atoms with E-state index in [-0.39, 0.29) is 5.57 Å². The van der Waals surface area contributed by atoms with Crippen molar-refractivity contribution in [3.8, 4) is 6.07 Å². The first-order valence-electron chi connectivity index (χ1n) is 5.14. The molecule has 3 nitrogen and oxygen atoms in total. The van der Waals surface area contributed by atoms with Gasteiger partial charge in [0.2, 0.25) is 0 Å². The van der Waals surface area contributed by atoms with Crippen molar-refractivity contribution in [3.63, 3.8) is 0 Å². The first-order valence-corrected chi connectivity index (χ1v) is 5.14. The number of esters is 1. The molecular weight excluding hydrogens is 190 g/mol. The van der Waals surface area contributed by atoms with Gasteiger partial charge in [-0.3, -0.25) is 0 Å². The zero-order valence-corrected chi connectivity index (χ0v) is 9.17. The molecule has 0 bridgehead atoms. The van der Waals surface area contributed by atoms with Gasteiger partial charge in [0.25, 0.3) is 0 Å². The molecule has 0 aromatic heterocycles. The van der Waals surface area contributed by atoms with Crippen LogP contribution in [0.4, 0.5) is 0 Å². The summed E-state index contributed by atoms with van der Waals surface area (Å²) in [7, 11) is 0. The fourth-order valence-electron chi connectivity index (χ4n) is 1.68. The topological polar surface area (TPSA) is 50.1 Å². The molecule has 0 heterocycles. The molecule has 0 saturated heterocycles. The summed E-state index contributed by atoms with van der Waals surface area (Å²) < 4.78 is 4.84. The van der Waals surface area contributed by atoms with Crippen molar-refractivity contribution >= 4 is 5.97 Å². The second-order valence-corrected chi connectivity index (χ2v) is 3.58. The number of nitriles is 1. The van der Waals surface area contributed by atoms with Crippen molar-refractivity contribution < 1.29 is 9.53 Å². The minimum atomic E-state index is -0.482. The summed E-state index contributed by atoms with van der Waals surface area (Å²) >= 11 is 0. The van der Waals surface area contributed by atoms with E-state index in [0.717, 1.165) is 24.8 Å². The van der Waals surface area contributed by atoms with E-state index in [9.17, 15) is 4.79 Å². The zero-order chi connectivity index (χ0) is 11.3. The van der Waals surface area contributed by atoms with Gasteiger partial charge in [-0.15, -0.1) is 0 Å². The van der Waals surface area contributed by atoms with E-state index in [4.69, 9.17) is 10.00 Å². The lowest BCUT2D eigenvalue weighted by Crippen LogP contribution is -2.10. The van der Waals surface area contributed by atoms with Gasteiger partial charge >= 0.3 is 5.97 Å². The van der Waals surface area contributed by atoms with Gasteiger partial charge in [-0.1, -0.05) is 11.6 Å². The molecule has 15 heavy (non-hydrogen) atoms. The van der Waals surface area contributed by atoms with Crippen LogP contribution in [-0.4, -0.2) is 12.6 Å². The van der Waals surface area contributed by atoms with Crippen LogP contribution in [-0.2, 0) is 9.53 Å². The van der Waals surface area contributed by atoms with Gasteiger partial charge in [0.15, 0.2) is 0 Å². The van der Waals surface area contributed by atoms with E-state index >= 15 is 0 Å². The Kier molecular flexibility index (Phi) is 4.11. The van der Waals surface area contributed by atoms with Crippen LogP contribution in [0.1, 0.15) is 33.1 Å². The van der Waals surface area contributed by atoms with E-state index in [1.807, 2.05) is 13.0 Å². The third kappa shape index (κ3) is 2.95. The molecule has 1 aliphatic carbocycles. The second-order valence-electron chi connectivity index (χ2n) is 3.58. The highest BCUT2D eigenvalue weighted by atomic mass is 16.5. The number of hydrogen-bond acceptors (Lipinski definition) is 3. The van der Waals surface area contributed by atoms with E-state index in [0.29, 0.717) is 6.61 Å². The molecule has 0 aliphatic heterocycles. The highest BCUT2D eigenvalue weighted by molar-refractivity contribution is 5.93. The van der Waals surface area contributed by atoms with Crippen LogP contribution in [0, 0.1) is 11.3 Å². The van der Waals surface area contributed by atoms with Gasteiger partial charge in [0.1, 0.15) is 11.6 Å². The summed E-state index contributed by atoms with van der Waals surface area (Å²) in [6, 6.07) is 1.95. The first-order chi connectivity index (χ1) is 7.19. The van der Waals surface area contributed by atoms with Crippen molar-refractivity contribution in [1.82, 2.24) is 0 Å². The number of hydrogen-bond donors (Lipinski definition) is 0. The largest absolute Gasteiger partial charge is 0.462 e. The van der Waals surface area contributed by atoms with Gasteiger partial charge in [-0.25, -0.2) is 4.79 Å². The summed E-state index contributed by atoms with van der Waals surface area (Å²) in [4.78, 5) is 11.5. The molecule has 0 aromatic rings. The Bertz CT molecular complexity index is 358. The Morgan fingerprint density at radius 3 is 2.93 bits per heavy atom. The molecule has 0 spiro atoms. The second kappa shape index (κ2) is 5.35. The molecule has 1 rings (SSSR count). The predicted octanol–water partition coefficient (Wildman–Crippen LogP) is 2.50. The third-order valence-electron chi connectivity index (χ3n) is 2.38. The molecule has 0 N–H and O–H groups in total. The van der Waals surface area contributed by atoms with E-state index < -0.39 is 5.97 Å². The van der Waals surface area contributed by atoms with Crippen LogP contribution in [0.5, 0.6) is 0 Å². The van der Waals surface area contributed by atoms with Crippen molar-refractivity contribution in [2.45, 2.75) is 33.1 Å². The van der Waals surface area contributed by atoms with Crippen molar-refractivity contribution in [2.75, 3.05) is 6.61 Å². The van der Waals surface area contributed by atoms with Gasteiger partial charge in [0.05, 0.1) is 6.61 Å². The minimum Gasteiger partial charge on any atom is -0.462 e. The molecule has 0 amide bonds. The predicted molar refractivity (Wildman–Crippen MR) is 56.9 cm³/mol. The lowest BCUT2D eigenvalue weighted by Gasteiger charge is -2.14. The SMILES string of the molecule is CCOC(=O)/C(C#N)=C1\CCC=C(C)C1. The Hall–Kier alpha value is -1.56. The molecule has 3 heteroatoms. The normalized spacial score (nSPS) is 18.9. The maximum absolute atomic E-state index is 11.5. The monoisotopic (exact) mass is 205 g/mol. The van der Waals surface area contributed by atoms with Crippen LogP contribution >= 0.6 is 0 Å². The van der Waals surface area contributed by atoms with Crippen LogP contribution in [0.25, 0.3) is 0 Å². The average molecular weight is 205 g/mol. The quantitative estimate of drug-likeness (QED) is 0.301. The Balaban J connectivity index is 2.90. The lowest BCUT2D eigenvalue weighted by atomic mass is 9.91. The van der Waals surface area contributed by atoms with E-state index in [1.54, 1.807) is 6.92 Å².